The molecule has 1 atom stereocenters. The van der Waals surface area contributed by atoms with E-state index in [4.69, 9.17) is 0 Å². The molecule has 2 heterocycles. The number of halogens is 4. The zero-order chi connectivity index (χ0) is 30.8. The van der Waals surface area contributed by atoms with Crippen molar-refractivity contribution in [3.8, 4) is 11.4 Å². The Balaban J connectivity index is 1.04. The third-order valence-electron chi connectivity index (χ3n) is 10.5. The number of nitrogens with zero attached hydrogens (tertiary/aromatic N) is 2. The number of alkyl halides is 2. The lowest BCUT2D eigenvalue weighted by Crippen LogP contribution is -2.33. The monoisotopic (exact) mass is 614 g/mol. The Kier molecular flexibility index (Phi) is 12.6. The first-order chi connectivity index (χ1) is 21.4. The third-order valence-corrected chi connectivity index (χ3v) is 10.5. The first-order valence-electron chi connectivity index (χ1n) is 18.2. The lowest BCUT2D eigenvalue weighted by atomic mass is 9.78. The van der Waals surface area contributed by atoms with E-state index in [0.29, 0.717) is 31.2 Å². The number of aromatic nitrogens is 2. The van der Waals surface area contributed by atoms with Crippen LogP contribution in [-0.4, -0.2) is 9.97 Å². The maximum atomic E-state index is 15.5. The molecule has 6 heteroatoms. The van der Waals surface area contributed by atoms with Gasteiger partial charge in [0, 0.05) is 11.5 Å². The highest BCUT2D eigenvalue weighted by Gasteiger charge is 2.47. The van der Waals surface area contributed by atoms with Gasteiger partial charge in [-0.05, 0) is 61.6 Å². The summed E-state index contributed by atoms with van der Waals surface area (Å²) in [5.74, 6) is -3.80. The average Bonchev–Trinajstić information content (AvgIpc) is 3.93. The summed E-state index contributed by atoms with van der Waals surface area (Å²) in [6, 6.07) is 4.83. The molecule has 0 bridgehead atoms. The van der Waals surface area contributed by atoms with Gasteiger partial charge in [0.15, 0.2) is 0 Å². The lowest BCUT2D eigenvalue weighted by Gasteiger charge is -2.33. The van der Waals surface area contributed by atoms with Crippen molar-refractivity contribution in [1.29, 1.82) is 0 Å². The second-order valence-corrected chi connectivity index (χ2v) is 14.3. The minimum atomic E-state index is -3.24. The van der Waals surface area contributed by atoms with Crippen molar-refractivity contribution in [3.05, 3.63) is 46.8 Å². The zero-order valence-electron chi connectivity index (χ0n) is 26.8. The summed E-state index contributed by atoms with van der Waals surface area (Å²) in [7, 11) is 0. The Bertz CT molecular complexity index is 1170. The summed E-state index contributed by atoms with van der Waals surface area (Å²) in [5.41, 5.74) is 0.573. The predicted molar refractivity (Wildman–Crippen MR) is 171 cm³/mol. The number of hydrogen-bond donors (Lipinski definition) is 0. The first kappa shape index (κ1) is 33.4. The largest absolute Gasteiger partial charge is 0.280 e. The first-order valence-corrected chi connectivity index (χ1v) is 18.2. The molecule has 0 spiro atoms. The summed E-state index contributed by atoms with van der Waals surface area (Å²) < 4.78 is 61.0. The molecule has 2 aromatic rings. The molecule has 5 rings (SSSR count). The minimum Gasteiger partial charge on any atom is -0.218 e. The van der Waals surface area contributed by atoms with E-state index in [-0.39, 0.29) is 17.0 Å². The second kappa shape index (κ2) is 16.5. The molecule has 0 aliphatic heterocycles. The summed E-state index contributed by atoms with van der Waals surface area (Å²) in [4.78, 5) is 7.93. The molecule has 2 saturated carbocycles. The fourth-order valence-corrected chi connectivity index (χ4v) is 7.23. The van der Waals surface area contributed by atoms with E-state index >= 15 is 13.2 Å². The van der Waals surface area contributed by atoms with E-state index in [1.54, 1.807) is 12.1 Å². The molecule has 3 aliphatic carbocycles. The number of fused-ring (bicyclic) bond motifs is 1. The molecule has 0 N–H and O–H groups in total. The van der Waals surface area contributed by atoms with Gasteiger partial charge in [0.05, 0.1) is 17.0 Å². The minimum absolute atomic E-state index is 0.125. The second-order valence-electron chi connectivity index (χ2n) is 14.3. The molecule has 3 aliphatic rings. The summed E-state index contributed by atoms with van der Waals surface area (Å²) in [5, 5.41) is 0. The van der Waals surface area contributed by atoms with Gasteiger partial charge in [0.25, 0.3) is 5.92 Å². The number of rotatable bonds is 21. The molecular formula is C38H54F4N2. The van der Waals surface area contributed by atoms with Crippen LogP contribution in [0.25, 0.3) is 11.4 Å². The van der Waals surface area contributed by atoms with Crippen molar-refractivity contribution >= 4 is 0 Å². The van der Waals surface area contributed by atoms with Crippen LogP contribution < -0.4 is 0 Å². The molecule has 2 aromatic heterocycles. The molecule has 2 fully saturated rings. The van der Waals surface area contributed by atoms with Crippen molar-refractivity contribution in [1.82, 2.24) is 9.97 Å². The number of unbranched alkanes of at least 4 members (excludes halogenated alkanes) is 12. The Labute approximate surface area is 263 Å². The van der Waals surface area contributed by atoms with Gasteiger partial charge in [-0.1, -0.05) is 128 Å². The van der Waals surface area contributed by atoms with Crippen molar-refractivity contribution in [2.45, 2.75) is 160 Å². The van der Waals surface area contributed by atoms with E-state index in [9.17, 15) is 4.39 Å². The average molecular weight is 615 g/mol. The van der Waals surface area contributed by atoms with Crippen LogP contribution in [0.15, 0.2) is 18.2 Å². The van der Waals surface area contributed by atoms with Crippen LogP contribution in [0.2, 0.25) is 0 Å². The molecule has 0 amide bonds. The maximum Gasteiger partial charge on any atom is 0.280 e. The summed E-state index contributed by atoms with van der Waals surface area (Å²) >= 11 is 0. The van der Waals surface area contributed by atoms with Crippen molar-refractivity contribution in [2.24, 2.45) is 17.8 Å². The molecule has 0 aromatic carbocycles. The Morgan fingerprint density at radius 3 is 1.68 bits per heavy atom. The molecule has 44 heavy (non-hydrogen) atoms. The Morgan fingerprint density at radius 2 is 1.11 bits per heavy atom. The Morgan fingerprint density at radius 1 is 0.591 bits per heavy atom. The fourth-order valence-electron chi connectivity index (χ4n) is 7.23. The smallest absolute Gasteiger partial charge is 0.218 e. The van der Waals surface area contributed by atoms with E-state index in [1.165, 1.54) is 102 Å². The van der Waals surface area contributed by atoms with Crippen molar-refractivity contribution in [3.63, 3.8) is 0 Å². The van der Waals surface area contributed by atoms with Gasteiger partial charge in [-0.3, -0.25) is 0 Å². The number of aryl methyl sites for hydroxylation is 2. The van der Waals surface area contributed by atoms with Crippen molar-refractivity contribution in [2.75, 3.05) is 0 Å². The van der Waals surface area contributed by atoms with Crippen LogP contribution in [-0.2, 0) is 18.8 Å². The van der Waals surface area contributed by atoms with Gasteiger partial charge in [-0.2, -0.15) is 8.78 Å². The summed E-state index contributed by atoms with van der Waals surface area (Å²) in [6.45, 7) is 0. The highest BCUT2D eigenvalue weighted by Crippen LogP contribution is 2.48. The van der Waals surface area contributed by atoms with E-state index in [1.807, 2.05) is 0 Å². The zero-order valence-corrected chi connectivity index (χ0v) is 26.8. The SMILES string of the molecule is Fc1nc(-c2cc3c(c(F)n2)C(F)(F)C(CCCCCCCCCC2CC2)CC3)ccc1CCCCCCCCCC1CC1. The predicted octanol–water partition coefficient (Wildman–Crippen LogP) is 12.1. The van der Waals surface area contributed by atoms with Gasteiger partial charge in [-0.15, -0.1) is 0 Å². The van der Waals surface area contributed by atoms with Crippen LogP contribution >= 0.6 is 0 Å². The number of pyridine rings is 2. The Hall–Kier alpha value is -1.98. The van der Waals surface area contributed by atoms with Crippen LogP contribution in [0.4, 0.5) is 17.6 Å². The highest BCUT2D eigenvalue weighted by molar-refractivity contribution is 5.57. The van der Waals surface area contributed by atoms with Gasteiger partial charge in [0.1, 0.15) is 0 Å². The fraction of sp³-hybridized carbons (Fsp3) is 0.737. The third kappa shape index (κ3) is 10.0. The van der Waals surface area contributed by atoms with Gasteiger partial charge in [0.2, 0.25) is 11.9 Å². The van der Waals surface area contributed by atoms with Gasteiger partial charge in [-0.25, -0.2) is 18.7 Å². The van der Waals surface area contributed by atoms with Crippen LogP contribution in [0.3, 0.4) is 0 Å². The van der Waals surface area contributed by atoms with Crippen LogP contribution in [0.5, 0.6) is 0 Å². The van der Waals surface area contributed by atoms with Gasteiger partial charge < -0.3 is 0 Å². The molecule has 0 radical (unpaired) electrons. The number of hydrogen-bond acceptors (Lipinski definition) is 2. The highest BCUT2D eigenvalue weighted by atomic mass is 19.3. The van der Waals surface area contributed by atoms with E-state index in [0.717, 1.165) is 43.9 Å². The molecule has 2 nitrogen and oxygen atoms in total. The van der Waals surface area contributed by atoms with Crippen molar-refractivity contribution < 1.29 is 17.6 Å². The van der Waals surface area contributed by atoms with Gasteiger partial charge >= 0.3 is 0 Å². The molecular weight excluding hydrogens is 560 g/mol. The van der Waals surface area contributed by atoms with Crippen LogP contribution in [0, 0.1) is 29.6 Å². The lowest BCUT2D eigenvalue weighted by molar-refractivity contribution is -0.0824. The molecule has 1 unspecified atom stereocenters. The summed E-state index contributed by atoms with van der Waals surface area (Å²) in [6.07, 6.45) is 26.4. The quantitative estimate of drug-likeness (QED) is 0.0794. The molecule has 244 valence electrons. The topological polar surface area (TPSA) is 25.8 Å². The maximum absolute atomic E-state index is 15.5. The van der Waals surface area contributed by atoms with Crippen LogP contribution in [0.1, 0.15) is 158 Å². The standard InChI is InChI=1S/C38H54F4N2/c39-36-30(17-13-9-5-1-3-7-11-15-28-19-20-28)24-26-33(43-36)34-27-31-23-25-32(38(41,42)35(31)37(40)44-34)18-14-10-6-2-4-8-12-16-29-21-22-29/h24,26-29,32H,1-23,25H2. The normalized spacial score (nSPS) is 19.3. The van der Waals surface area contributed by atoms with E-state index in [2.05, 4.69) is 9.97 Å². The molecule has 0 saturated heterocycles. The van der Waals surface area contributed by atoms with E-state index < -0.39 is 29.3 Å².